The topological polar surface area (TPSA) is 102 Å². The third-order valence-corrected chi connectivity index (χ3v) is 9.30. The molecular weight excluding hydrogens is 615 g/mol. The number of benzene rings is 2. The smallest absolute Gasteiger partial charge is 0.416 e. The van der Waals surface area contributed by atoms with Crippen molar-refractivity contribution in [1.82, 2.24) is 20.0 Å². The molecule has 2 aromatic carbocycles. The van der Waals surface area contributed by atoms with E-state index in [1.165, 1.54) is 12.1 Å². The number of piperidine rings is 2. The molecule has 0 spiro atoms. The van der Waals surface area contributed by atoms with Crippen molar-refractivity contribution < 1.29 is 37.1 Å². The number of rotatable bonds is 7. The van der Waals surface area contributed by atoms with Gasteiger partial charge >= 0.3 is 6.18 Å². The fourth-order valence-corrected chi connectivity index (χ4v) is 6.70. The Morgan fingerprint density at radius 2 is 1.55 bits per heavy atom. The molecule has 4 aliphatic heterocycles. The molecule has 6 rings (SSSR count). The van der Waals surface area contributed by atoms with Gasteiger partial charge in [-0.25, -0.2) is 0 Å². The van der Waals surface area contributed by atoms with E-state index in [1.807, 2.05) is 6.07 Å². The van der Waals surface area contributed by atoms with E-state index in [4.69, 9.17) is 4.74 Å². The normalized spacial score (nSPS) is 21.4. The number of hydrogen-bond donors (Lipinski definition) is 1. The second-order valence-corrected chi connectivity index (χ2v) is 12.3. The summed E-state index contributed by atoms with van der Waals surface area (Å²) in [5.41, 5.74) is 0.615. The van der Waals surface area contributed by atoms with Gasteiger partial charge in [0, 0.05) is 39.1 Å². The maximum atomic E-state index is 13.5. The summed E-state index contributed by atoms with van der Waals surface area (Å²) in [4.78, 5) is 58.7. The third kappa shape index (κ3) is 7.29. The first-order valence-electron chi connectivity index (χ1n) is 15.9. The number of carbonyl (C=O) groups is 4. The Hall–Kier alpha value is -4.41. The minimum absolute atomic E-state index is 0.0817. The quantitative estimate of drug-likeness (QED) is 0.361. The minimum atomic E-state index is -4.37. The average Bonchev–Trinajstić information content (AvgIpc) is 3.31. The van der Waals surface area contributed by atoms with Crippen LogP contribution in [0, 0.1) is 17.8 Å². The van der Waals surface area contributed by atoms with Crippen LogP contribution in [0.3, 0.4) is 0 Å². The number of nitrogens with one attached hydrogen (secondary N) is 1. The number of amides is 4. The van der Waals surface area contributed by atoms with Crippen LogP contribution in [0.5, 0.6) is 5.75 Å². The zero-order valence-electron chi connectivity index (χ0n) is 25.9. The number of alkyl halides is 3. The number of nitrogens with zero attached hydrogens (tertiary/aromatic N) is 4. The Kier molecular flexibility index (Phi) is 9.52. The summed E-state index contributed by atoms with van der Waals surface area (Å²) in [7, 11) is 0. The SMILES string of the molecule is O=C1CCC(N2C(=O)c3cccc(N4CCN(CC5CCN(CC#CCOc6ccc(C(F)(F)F)cc6)CC5)CC4)c3C2=O)C(=O)N1. The lowest BCUT2D eigenvalue weighted by Gasteiger charge is -2.39. The minimum Gasteiger partial charge on any atom is -0.481 e. The van der Waals surface area contributed by atoms with Crippen molar-refractivity contribution in [3.05, 3.63) is 59.2 Å². The number of anilines is 1. The van der Waals surface area contributed by atoms with Crippen LogP contribution >= 0.6 is 0 Å². The van der Waals surface area contributed by atoms with Crippen LogP contribution in [-0.2, 0) is 15.8 Å². The van der Waals surface area contributed by atoms with Crippen molar-refractivity contribution in [2.24, 2.45) is 5.92 Å². The van der Waals surface area contributed by atoms with Crippen LogP contribution in [0.4, 0.5) is 18.9 Å². The van der Waals surface area contributed by atoms with Crippen LogP contribution in [0.1, 0.15) is 52.0 Å². The van der Waals surface area contributed by atoms with Gasteiger partial charge in [0.1, 0.15) is 18.4 Å². The van der Waals surface area contributed by atoms with E-state index in [0.717, 1.165) is 62.6 Å². The summed E-state index contributed by atoms with van der Waals surface area (Å²) >= 11 is 0. The van der Waals surface area contributed by atoms with Crippen LogP contribution in [0.15, 0.2) is 42.5 Å². The molecule has 47 heavy (non-hydrogen) atoms. The number of carbonyl (C=O) groups excluding carboxylic acids is 4. The molecule has 0 aromatic heterocycles. The highest BCUT2D eigenvalue weighted by atomic mass is 19.4. The van der Waals surface area contributed by atoms with Crippen LogP contribution in [0.25, 0.3) is 0 Å². The largest absolute Gasteiger partial charge is 0.481 e. The standard InChI is InChI=1S/C34H36F3N5O5/c35-34(36,37)24-6-8-25(9-7-24)47-21-2-1-14-39-15-12-23(13-16-39)22-40-17-19-41(20-18-40)27-5-3-4-26-30(27)33(46)42(32(26)45)28-10-11-29(43)38-31(28)44/h3-9,23,28H,10-22H2,(H,38,43,44). The van der Waals surface area contributed by atoms with Gasteiger partial charge < -0.3 is 9.64 Å². The Bertz CT molecular complexity index is 1590. The zero-order chi connectivity index (χ0) is 33.1. The molecule has 0 bridgehead atoms. The molecule has 0 aliphatic carbocycles. The van der Waals surface area contributed by atoms with Gasteiger partial charge in [-0.1, -0.05) is 17.9 Å². The van der Waals surface area contributed by atoms with Crippen LogP contribution < -0.4 is 15.0 Å². The monoisotopic (exact) mass is 651 g/mol. The molecule has 0 saturated carbocycles. The van der Waals surface area contributed by atoms with Crippen molar-refractivity contribution in [2.75, 3.05) is 63.9 Å². The van der Waals surface area contributed by atoms with Crippen LogP contribution in [-0.4, -0.2) is 103 Å². The van der Waals surface area contributed by atoms with Crippen molar-refractivity contribution in [2.45, 2.75) is 37.9 Å². The average molecular weight is 652 g/mol. The predicted octanol–water partition coefficient (Wildman–Crippen LogP) is 3.02. The first-order chi connectivity index (χ1) is 22.6. The first-order valence-corrected chi connectivity index (χ1v) is 15.9. The lowest BCUT2D eigenvalue weighted by molar-refractivity contribution is -0.138. The Balaban J connectivity index is 0.935. The Morgan fingerprint density at radius 1 is 0.830 bits per heavy atom. The summed E-state index contributed by atoms with van der Waals surface area (Å²) in [5.74, 6) is 4.96. The van der Waals surface area contributed by atoms with Gasteiger partial charge in [-0.2, -0.15) is 13.2 Å². The van der Waals surface area contributed by atoms with E-state index >= 15 is 0 Å². The van der Waals surface area contributed by atoms with Crippen molar-refractivity contribution in [3.8, 4) is 17.6 Å². The maximum absolute atomic E-state index is 13.5. The number of imide groups is 2. The molecule has 3 fully saturated rings. The van der Waals surface area contributed by atoms with Gasteiger partial charge in [-0.3, -0.25) is 39.2 Å². The molecule has 4 heterocycles. The van der Waals surface area contributed by atoms with Crippen LogP contribution in [0.2, 0.25) is 0 Å². The summed E-state index contributed by atoms with van der Waals surface area (Å²) < 4.78 is 43.5. The molecule has 10 nitrogen and oxygen atoms in total. The van der Waals surface area contributed by atoms with E-state index < -0.39 is 41.4 Å². The number of likely N-dealkylation sites (tertiary alicyclic amines) is 1. The molecule has 1 atom stereocenters. The molecule has 248 valence electrons. The number of ether oxygens (including phenoxy) is 1. The van der Waals surface area contributed by atoms with E-state index in [0.29, 0.717) is 48.1 Å². The number of halogens is 3. The summed E-state index contributed by atoms with van der Waals surface area (Å²) in [5, 5.41) is 2.24. The van der Waals surface area contributed by atoms with Crippen molar-refractivity contribution >= 4 is 29.3 Å². The summed E-state index contributed by atoms with van der Waals surface area (Å²) in [6.07, 6.45) is -2.05. The highest BCUT2D eigenvalue weighted by Gasteiger charge is 2.46. The third-order valence-electron chi connectivity index (χ3n) is 9.30. The molecule has 3 saturated heterocycles. The van der Waals surface area contributed by atoms with Gasteiger partial charge in [-0.15, -0.1) is 0 Å². The lowest BCUT2D eigenvalue weighted by Crippen LogP contribution is -2.54. The number of hydrogen-bond acceptors (Lipinski definition) is 8. The van der Waals surface area contributed by atoms with Crippen molar-refractivity contribution in [3.63, 3.8) is 0 Å². The second kappa shape index (κ2) is 13.8. The predicted molar refractivity (Wildman–Crippen MR) is 166 cm³/mol. The van der Waals surface area contributed by atoms with Gasteiger partial charge in [-0.05, 0) is 74.7 Å². The van der Waals surface area contributed by atoms with E-state index in [-0.39, 0.29) is 19.4 Å². The molecular formula is C34H36F3N5O5. The molecule has 4 amide bonds. The molecule has 0 radical (unpaired) electrons. The van der Waals surface area contributed by atoms with Crippen molar-refractivity contribution in [1.29, 1.82) is 0 Å². The van der Waals surface area contributed by atoms with Gasteiger partial charge in [0.25, 0.3) is 11.8 Å². The number of piperazine rings is 1. The zero-order valence-corrected chi connectivity index (χ0v) is 25.9. The Labute approximate surface area is 270 Å². The lowest BCUT2D eigenvalue weighted by atomic mass is 9.96. The molecule has 2 aromatic rings. The van der Waals surface area contributed by atoms with E-state index in [1.54, 1.807) is 12.1 Å². The second-order valence-electron chi connectivity index (χ2n) is 12.3. The van der Waals surface area contributed by atoms with Gasteiger partial charge in [0.2, 0.25) is 11.8 Å². The molecule has 4 aliphatic rings. The molecule has 13 heteroatoms. The summed E-state index contributed by atoms with van der Waals surface area (Å²) in [6, 6.07) is 8.83. The fraction of sp³-hybridized carbons (Fsp3) is 0.471. The van der Waals surface area contributed by atoms with Gasteiger partial charge in [0.05, 0.1) is 28.9 Å². The fourth-order valence-electron chi connectivity index (χ4n) is 6.70. The van der Waals surface area contributed by atoms with Gasteiger partial charge in [0.15, 0.2) is 0 Å². The number of fused-ring (bicyclic) bond motifs is 1. The van der Waals surface area contributed by atoms with E-state index in [2.05, 4.69) is 31.9 Å². The highest BCUT2D eigenvalue weighted by Crippen LogP contribution is 2.35. The summed E-state index contributed by atoms with van der Waals surface area (Å²) in [6.45, 7) is 6.67. The maximum Gasteiger partial charge on any atom is 0.416 e. The molecule has 1 unspecified atom stereocenters. The first kappa shape index (κ1) is 32.5. The Morgan fingerprint density at radius 3 is 2.23 bits per heavy atom. The van der Waals surface area contributed by atoms with E-state index in [9.17, 15) is 32.3 Å². The molecule has 1 N–H and O–H groups in total. The highest BCUT2D eigenvalue weighted by molar-refractivity contribution is 6.25.